The van der Waals surface area contributed by atoms with Crippen LogP contribution in [0.2, 0.25) is 0 Å². The summed E-state index contributed by atoms with van der Waals surface area (Å²) in [4.78, 5) is 17.1. The second-order valence-corrected chi connectivity index (χ2v) is 7.03. The quantitative estimate of drug-likeness (QED) is 0.841. The van der Waals surface area contributed by atoms with Crippen molar-refractivity contribution in [1.82, 2.24) is 24.6 Å². The Bertz CT molecular complexity index is 742. The Morgan fingerprint density at radius 1 is 1.04 bits per heavy atom. The normalized spacial score (nSPS) is 21.6. The topological polar surface area (TPSA) is 54.3 Å². The van der Waals surface area contributed by atoms with E-state index in [2.05, 4.69) is 26.7 Å². The van der Waals surface area contributed by atoms with Gasteiger partial charge in [0.15, 0.2) is 0 Å². The summed E-state index contributed by atoms with van der Waals surface area (Å²) >= 11 is 0. The maximum atomic E-state index is 12.7. The van der Waals surface area contributed by atoms with Crippen molar-refractivity contribution in [3.8, 4) is 0 Å². The van der Waals surface area contributed by atoms with E-state index in [0.29, 0.717) is 19.1 Å². The Hall–Kier alpha value is -2.21. The molecule has 6 nitrogen and oxygen atoms in total. The number of likely N-dealkylation sites (tertiary alicyclic amines) is 1. The summed E-state index contributed by atoms with van der Waals surface area (Å²) in [5, 5.41) is 8.95. The van der Waals surface area contributed by atoms with Crippen LogP contribution in [-0.4, -0.2) is 57.2 Å². The van der Waals surface area contributed by atoms with Gasteiger partial charge in [-0.05, 0) is 38.6 Å². The molecule has 1 aromatic carbocycles. The number of aromatic nitrogens is 3. The lowest BCUT2D eigenvalue weighted by Gasteiger charge is -2.32. The minimum Gasteiger partial charge on any atom is -0.336 e. The molecular weight excluding hydrogens is 314 g/mol. The van der Waals surface area contributed by atoms with Gasteiger partial charge in [-0.3, -0.25) is 9.69 Å². The van der Waals surface area contributed by atoms with E-state index < -0.39 is 0 Å². The fourth-order valence-electron chi connectivity index (χ4n) is 3.96. The third-order valence-corrected chi connectivity index (χ3v) is 5.43. The van der Waals surface area contributed by atoms with Crippen molar-refractivity contribution < 1.29 is 4.79 Å². The van der Waals surface area contributed by atoms with Gasteiger partial charge < -0.3 is 9.47 Å². The van der Waals surface area contributed by atoms with Crippen LogP contribution in [0.5, 0.6) is 0 Å². The van der Waals surface area contributed by atoms with Gasteiger partial charge in [-0.25, -0.2) is 0 Å². The zero-order chi connectivity index (χ0) is 17.2. The van der Waals surface area contributed by atoms with E-state index in [1.165, 1.54) is 12.8 Å². The molecule has 0 saturated carbocycles. The number of nitrogens with zero attached hydrogens (tertiary/aromatic N) is 5. The summed E-state index contributed by atoms with van der Waals surface area (Å²) in [6.07, 6.45) is 4.41. The third-order valence-electron chi connectivity index (χ3n) is 5.43. The lowest BCUT2D eigenvalue weighted by Crippen LogP contribution is -2.34. The molecule has 0 radical (unpaired) electrons. The molecule has 0 aliphatic carbocycles. The molecule has 3 heterocycles. The van der Waals surface area contributed by atoms with Crippen molar-refractivity contribution in [3.05, 3.63) is 47.5 Å². The third kappa shape index (κ3) is 3.18. The zero-order valence-electron chi connectivity index (χ0n) is 14.8. The van der Waals surface area contributed by atoms with Gasteiger partial charge in [-0.1, -0.05) is 24.6 Å². The first-order valence-electron chi connectivity index (χ1n) is 9.20. The van der Waals surface area contributed by atoms with Crippen LogP contribution >= 0.6 is 0 Å². The Morgan fingerprint density at radius 3 is 2.68 bits per heavy atom. The van der Waals surface area contributed by atoms with E-state index in [1.54, 1.807) is 0 Å². The van der Waals surface area contributed by atoms with Gasteiger partial charge in [0.05, 0.1) is 6.04 Å². The molecule has 6 heteroatoms. The molecule has 1 amide bonds. The number of carbonyl (C=O) groups is 1. The highest BCUT2D eigenvalue weighted by atomic mass is 16.2. The van der Waals surface area contributed by atoms with Crippen molar-refractivity contribution in [2.45, 2.75) is 38.3 Å². The highest BCUT2D eigenvalue weighted by molar-refractivity contribution is 5.94. The number of benzene rings is 1. The number of carbonyl (C=O) groups excluding carboxylic acids is 1. The van der Waals surface area contributed by atoms with Crippen molar-refractivity contribution >= 4 is 5.91 Å². The average Bonchev–Trinajstić information content (AvgIpc) is 2.93. The molecule has 0 bridgehead atoms. The number of rotatable bonds is 2. The summed E-state index contributed by atoms with van der Waals surface area (Å²) in [6.45, 7) is 3.31. The number of fused-ring (bicyclic) bond motifs is 1. The lowest BCUT2D eigenvalue weighted by molar-refractivity contribution is 0.0758. The highest BCUT2D eigenvalue weighted by Crippen LogP contribution is 2.29. The Balaban J connectivity index is 1.52. The summed E-state index contributed by atoms with van der Waals surface area (Å²) in [7, 11) is 2.17. The fraction of sp³-hybridized carbons (Fsp3) is 0.526. The van der Waals surface area contributed by atoms with Crippen LogP contribution in [0.4, 0.5) is 0 Å². The molecule has 2 aliphatic heterocycles. The van der Waals surface area contributed by atoms with E-state index in [-0.39, 0.29) is 5.91 Å². The van der Waals surface area contributed by atoms with Gasteiger partial charge in [0.25, 0.3) is 5.91 Å². The number of hydrogen-bond acceptors (Lipinski definition) is 4. The van der Waals surface area contributed by atoms with Crippen LogP contribution in [0, 0.1) is 0 Å². The summed E-state index contributed by atoms with van der Waals surface area (Å²) in [5.74, 6) is 2.19. The molecule has 0 N–H and O–H groups in total. The van der Waals surface area contributed by atoms with Gasteiger partial charge in [0, 0.05) is 31.6 Å². The molecule has 25 heavy (non-hydrogen) atoms. The molecule has 1 aromatic heterocycles. The standard InChI is InChI=1S/C19H25N5O/c1-22-11-6-5-9-16(22)18-21-20-17-10-12-23(13-14-24(17)18)19(25)15-7-3-2-4-8-15/h2-4,7-8,16H,5-6,9-14H2,1H3/t16-/m0/s1. The van der Waals surface area contributed by atoms with Crippen molar-refractivity contribution in [2.24, 2.45) is 0 Å². The monoisotopic (exact) mass is 339 g/mol. The number of hydrogen-bond donors (Lipinski definition) is 0. The summed E-state index contributed by atoms with van der Waals surface area (Å²) < 4.78 is 2.25. The molecule has 0 unspecified atom stereocenters. The summed E-state index contributed by atoms with van der Waals surface area (Å²) in [6, 6.07) is 9.89. The number of piperidine rings is 1. The molecule has 2 aromatic rings. The highest BCUT2D eigenvalue weighted by Gasteiger charge is 2.29. The van der Waals surface area contributed by atoms with E-state index in [1.807, 2.05) is 35.2 Å². The van der Waals surface area contributed by atoms with Crippen molar-refractivity contribution in [1.29, 1.82) is 0 Å². The largest absolute Gasteiger partial charge is 0.336 e. The number of amides is 1. The lowest BCUT2D eigenvalue weighted by atomic mass is 10.0. The van der Waals surface area contributed by atoms with E-state index in [4.69, 9.17) is 0 Å². The van der Waals surface area contributed by atoms with Gasteiger partial charge in [-0.15, -0.1) is 10.2 Å². The van der Waals surface area contributed by atoms with Gasteiger partial charge in [0.1, 0.15) is 11.6 Å². The van der Waals surface area contributed by atoms with E-state index in [0.717, 1.165) is 43.1 Å². The Morgan fingerprint density at radius 2 is 1.88 bits per heavy atom. The van der Waals surface area contributed by atoms with E-state index >= 15 is 0 Å². The van der Waals surface area contributed by atoms with Crippen LogP contribution in [0.15, 0.2) is 30.3 Å². The first-order chi connectivity index (χ1) is 12.2. The minimum atomic E-state index is 0.107. The Kier molecular flexibility index (Phi) is 4.53. The first kappa shape index (κ1) is 16.3. The van der Waals surface area contributed by atoms with Crippen LogP contribution in [-0.2, 0) is 13.0 Å². The predicted octanol–water partition coefficient (Wildman–Crippen LogP) is 2.13. The first-order valence-corrected chi connectivity index (χ1v) is 9.20. The SMILES string of the molecule is CN1CCCC[C@H]1c1nnc2n1CCN(C(=O)c1ccccc1)CC2. The van der Waals surface area contributed by atoms with Crippen LogP contribution in [0.3, 0.4) is 0 Å². The van der Waals surface area contributed by atoms with Crippen LogP contribution in [0.25, 0.3) is 0 Å². The van der Waals surface area contributed by atoms with Crippen LogP contribution < -0.4 is 0 Å². The smallest absolute Gasteiger partial charge is 0.253 e. The molecule has 4 rings (SSSR count). The fourth-order valence-corrected chi connectivity index (χ4v) is 3.96. The summed E-state index contributed by atoms with van der Waals surface area (Å²) in [5.41, 5.74) is 0.757. The second kappa shape index (κ2) is 6.96. The zero-order valence-corrected chi connectivity index (χ0v) is 14.8. The molecule has 2 aliphatic rings. The Labute approximate surface area is 148 Å². The predicted molar refractivity (Wildman–Crippen MR) is 95.3 cm³/mol. The molecule has 1 saturated heterocycles. The molecular formula is C19H25N5O. The van der Waals surface area contributed by atoms with Gasteiger partial charge in [-0.2, -0.15) is 0 Å². The maximum absolute atomic E-state index is 12.7. The van der Waals surface area contributed by atoms with Crippen LogP contribution in [0.1, 0.15) is 47.3 Å². The molecule has 0 spiro atoms. The second-order valence-electron chi connectivity index (χ2n) is 7.03. The van der Waals surface area contributed by atoms with Crippen molar-refractivity contribution in [2.75, 3.05) is 26.7 Å². The molecule has 1 fully saturated rings. The maximum Gasteiger partial charge on any atom is 0.253 e. The molecule has 132 valence electrons. The average molecular weight is 339 g/mol. The molecule has 1 atom stereocenters. The van der Waals surface area contributed by atoms with E-state index in [9.17, 15) is 4.79 Å². The minimum absolute atomic E-state index is 0.107. The van der Waals surface area contributed by atoms with Gasteiger partial charge >= 0.3 is 0 Å². The van der Waals surface area contributed by atoms with Crippen molar-refractivity contribution in [3.63, 3.8) is 0 Å². The van der Waals surface area contributed by atoms with Gasteiger partial charge in [0.2, 0.25) is 0 Å².